The monoisotopic (exact) mass is 404 g/mol. The highest BCUT2D eigenvalue weighted by Crippen LogP contribution is 2.22. The van der Waals surface area contributed by atoms with Crippen LogP contribution < -0.4 is 14.8 Å². The largest absolute Gasteiger partial charge is 0.491 e. The number of aliphatic hydroxyl groups excluding tert-OH is 1. The van der Waals surface area contributed by atoms with Crippen LogP contribution in [0.4, 0.5) is 0 Å². The summed E-state index contributed by atoms with van der Waals surface area (Å²) in [6.45, 7) is 1.96. The number of aryl methyl sites for hydroxylation is 1. The number of carbonyl (C=O) groups is 1. The van der Waals surface area contributed by atoms with Crippen molar-refractivity contribution < 1.29 is 23.1 Å². The molecule has 8 heteroatoms. The molecule has 28 heavy (non-hydrogen) atoms. The summed E-state index contributed by atoms with van der Waals surface area (Å²) in [6.07, 6.45) is 0.775. The summed E-state index contributed by atoms with van der Waals surface area (Å²) in [4.78, 5) is 12.4. The molecule has 3 N–H and O–H groups in total. The Morgan fingerprint density at radius 2 is 1.96 bits per heavy atom. The Bertz CT molecular complexity index is 941. The van der Waals surface area contributed by atoms with Gasteiger partial charge in [-0.25, -0.2) is 13.1 Å². The van der Waals surface area contributed by atoms with E-state index >= 15 is 0 Å². The van der Waals surface area contributed by atoms with E-state index < -0.39 is 22.0 Å². The van der Waals surface area contributed by atoms with Crippen molar-refractivity contribution in [2.75, 3.05) is 13.2 Å². The van der Waals surface area contributed by atoms with Crippen LogP contribution in [0.25, 0.3) is 0 Å². The number of amides is 1. The van der Waals surface area contributed by atoms with E-state index in [4.69, 9.17) is 4.74 Å². The van der Waals surface area contributed by atoms with Gasteiger partial charge in [-0.15, -0.1) is 0 Å². The average Bonchev–Trinajstić information content (AvgIpc) is 3.48. The van der Waals surface area contributed by atoms with Crippen LogP contribution in [0.3, 0.4) is 0 Å². The Hall–Kier alpha value is -2.42. The molecule has 0 aromatic heterocycles. The lowest BCUT2D eigenvalue weighted by molar-refractivity contribution is 0.0843. The van der Waals surface area contributed by atoms with E-state index in [-0.39, 0.29) is 29.7 Å². The van der Waals surface area contributed by atoms with Crippen LogP contribution in [0.5, 0.6) is 5.75 Å². The van der Waals surface area contributed by atoms with Gasteiger partial charge in [-0.1, -0.05) is 18.2 Å². The molecule has 0 radical (unpaired) electrons. The number of aliphatic hydroxyl groups is 1. The van der Waals surface area contributed by atoms with Gasteiger partial charge in [0, 0.05) is 18.2 Å². The number of sulfonamides is 1. The summed E-state index contributed by atoms with van der Waals surface area (Å²) in [7, 11) is -3.63. The normalized spacial score (nSPS) is 15.1. The molecule has 0 aliphatic heterocycles. The van der Waals surface area contributed by atoms with Crippen molar-refractivity contribution in [3.63, 3.8) is 0 Å². The zero-order chi connectivity index (χ0) is 20.1. The van der Waals surface area contributed by atoms with Crippen LogP contribution in [-0.4, -0.2) is 44.7 Å². The van der Waals surface area contributed by atoms with Crippen LogP contribution in [-0.2, 0) is 10.0 Å². The SMILES string of the molecule is Cc1cccc(OCC(O)CNC(=O)c2cccc(S(=O)(=O)NC3CC3)c2)c1. The van der Waals surface area contributed by atoms with E-state index in [1.807, 2.05) is 25.1 Å². The summed E-state index contributed by atoms with van der Waals surface area (Å²) in [5, 5.41) is 12.6. The molecule has 1 saturated carbocycles. The van der Waals surface area contributed by atoms with Gasteiger partial charge in [0.25, 0.3) is 5.91 Å². The van der Waals surface area contributed by atoms with Gasteiger partial charge < -0.3 is 15.2 Å². The van der Waals surface area contributed by atoms with Gasteiger partial charge in [0.15, 0.2) is 0 Å². The van der Waals surface area contributed by atoms with Gasteiger partial charge in [0.2, 0.25) is 10.0 Å². The number of hydrogen-bond acceptors (Lipinski definition) is 5. The molecule has 150 valence electrons. The molecule has 1 fully saturated rings. The first kappa shape index (κ1) is 20.3. The zero-order valence-corrected chi connectivity index (χ0v) is 16.4. The fourth-order valence-corrected chi connectivity index (χ4v) is 3.91. The van der Waals surface area contributed by atoms with Gasteiger partial charge in [-0.05, 0) is 55.7 Å². The third-order valence-corrected chi connectivity index (χ3v) is 5.75. The lowest BCUT2D eigenvalue weighted by Crippen LogP contribution is -2.35. The van der Waals surface area contributed by atoms with Crippen molar-refractivity contribution in [1.29, 1.82) is 0 Å². The molecule has 7 nitrogen and oxygen atoms in total. The highest BCUT2D eigenvalue weighted by atomic mass is 32.2. The molecule has 1 atom stereocenters. The first-order chi connectivity index (χ1) is 13.3. The summed E-state index contributed by atoms with van der Waals surface area (Å²) in [5.74, 6) is 0.185. The number of ether oxygens (including phenoxy) is 1. The van der Waals surface area contributed by atoms with Crippen LogP contribution in [0.2, 0.25) is 0 Å². The zero-order valence-electron chi connectivity index (χ0n) is 15.6. The fraction of sp³-hybridized carbons (Fsp3) is 0.350. The average molecular weight is 404 g/mol. The van der Waals surface area contributed by atoms with E-state index in [0.717, 1.165) is 18.4 Å². The quantitative estimate of drug-likeness (QED) is 0.589. The van der Waals surface area contributed by atoms with Crippen LogP contribution in [0.1, 0.15) is 28.8 Å². The third-order valence-electron chi connectivity index (χ3n) is 4.24. The van der Waals surface area contributed by atoms with Crippen LogP contribution in [0, 0.1) is 6.92 Å². The van der Waals surface area contributed by atoms with Crippen LogP contribution in [0.15, 0.2) is 53.4 Å². The lowest BCUT2D eigenvalue weighted by Gasteiger charge is -2.14. The van der Waals surface area contributed by atoms with Gasteiger partial charge >= 0.3 is 0 Å². The summed E-state index contributed by atoms with van der Waals surface area (Å²) < 4.78 is 32.6. The van der Waals surface area contributed by atoms with Gasteiger partial charge in [-0.3, -0.25) is 4.79 Å². The standard InChI is InChI=1S/C20H24N2O5S/c1-14-4-2-6-18(10-14)27-13-17(23)12-21-20(24)15-5-3-7-19(11-15)28(25,26)22-16-8-9-16/h2-7,10-11,16-17,22-23H,8-9,12-13H2,1H3,(H,21,24). The fourth-order valence-electron chi connectivity index (χ4n) is 2.56. The summed E-state index contributed by atoms with van der Waals surface area (Å²) >= 11 is 0. The maximum absolute atomic E-state index is 12.3. The molecular weight excluding hydrogens is 380 g/mol. The Morgan fingerprint density at radius 3 is 2.68 bits per heavy atom. The highest BCUT2D eigenvalue weighted by molar-refractivity contribution is 7.89. The maximum Gasteiger partial charge on any atom is 0.251 e. The second kappa shape index (κ2) is 8.72. The maximum atomic E-state index is 12.3. The van der Waals surface area contributed by atoms with Crippen molar-refractivity contribution in [3.8, 4) is 5.75 Å². The molecule has 1 unspecified atom stereocenters. The Labute approximate surface area is 164 Å². The molecule has 1 aliphatic rings. The molecule has 0 saturated heterocycles. The molecule has 0 bridgehead atoms. The smallest absolute Gasteiger partial charge is 0.251 e. The van der Waals surface area contributed by atoms with Crippen molar-refractivity contribution in [2.45, 2.75) is 36.8 Å². The number of nitrogens with one attached hydrogen (secondary N) is 2. The number of rotatable bonds is 9. The summed E-state index contributed by atoms with van der Waals surface area (Å²) in [5.41, 5.74) is 1.26. The van der Waals surface area contributed by atoms with E-state index in [1.165, 1.54) is 24.3 Å². The van der Waals surface area contributed by atoms with E-state index in [1.54, 1.807) is 6.07 Å². The molecule has 2 aromatic carbocycles. The number of hydrogen-bond donors (Lipinski definition) is 3. The first-order valence-corrected chi connectivity index (χ1v) is 10.6. The molecule has 2 aromatic rings. The van der Waals surface area contributed by atoms with E-state index in [0.29, 0.717) is 5.75 Å². The van der Waals surface area contributed by atoms with E-state index in [2.05, 4.69) is 10.0 Å². The third kappa shape index (κ3) is 5.79. The predicted molar refractivity (Wildman–Crippen MR) is 105 cm³/mol. The molecule has 1 amide bonds. The molecular formula is C20H24N2O5S. The molecule has 0 heterocycles. The molecule has 1 aliphatic carbocycles. The van der Waals surface area contributed by atoms with Crippen molar-refractivity contribution in [3.05, 3.63) is 59.7 Å². The Morgan fingerprint density at radius 1 is 1.21 bits per heavy atom. The van der Waals surface area contributed by atoms with Crippen molar-refractivity contribution in [2.24, 2.45) is 0 Å². The first-order valence-electron chi connectivity index (χ1n) is 9.11. The minimum Gasteiger partial charge on any atom is -0.491 e. The Balaban J connectivity index is 1.52. The predicted octanol–water partition coefficient (Wildman–Crippen LogP) is 1.61. The number of benzene rings is 2. The second-order valence-electron chi connectivity index (χ2n) is 6.91. The molecule has 0 spiro atoms. The van der Waals surface area contributed by atoms with Gasteiger partial charge in [0.05, 0.1) is 4.90 Å². The van der Waals surface area contributed by atoms with Crippen LogP contribution >= 0.6 is 0 Å². The van der Waals surface area contributed by atoms with E-state index in [9.17, 15) is 18.3 Å². The summed E-state index contributed by atoms with van der Waals surface area (Å²) in [6, 6.07) is 13.3. The second-order valence-corrected chi connectivity index (χ2v) is 8.63. The number of carbonyl (C=O) groups excluding carboxylic acids is 1. The lowest BCUT2D eigenvalue weighted by atomic mass is 10.2. The van der Waals surface area contributed by atoms with Crippen molar-refractivity contribution >= 4 is 15.9 Å². The Kier molecular flexibility index (Phi) is 6.33. The van der Waals surface area contributed by atoms with Crippen molar-refractivity contribution in [1.82, 2.24) is 10.0 Å². The van der Waals surface area contributed by atoms with Gasteiger partial charge in [-0.2, -0.15) is 0 Å². The molecule has 3 rings (SSSR count). The minimum atomic E-state index is -3.63. The topological polar surface area (TPSA) is 105 Å². The van der Waals surface area contributed by atoms with Gasteiger partial charge in [0.1, 0.15) is 18.5 Å². The minimum absolute atomic E-state index is 0.00830. The highest BCUT2D eigenvalue weighted by Gasteiger charge is 2.28.